The summed E-state index contributed by atoms with van der Waals surface area (Å²) < 4.78 is 1.97. The van der Waals surface area contributed by atoms with Crippen LogP contribution in [0.15, 0.2) is 30.6 Å². The summed E-state index contributed by atoms with van der Waals surface area (Å²) in [5.41, 5.74) is 3.01. The lowest BCUT2D eigenvalue weighted by atomic mass is 10.1. The number of nitrogens with zero attached hydrogens (tertiary/aromatic N) is 2. The van der Waals surface area contributed by atoms with Crippen LogP contribution in [0.2, 0.25) is 0 Å². The molecule has 1 heterocycles. The number of Topliss-reactive ketones (excluding diaryl/α,β-unsaturated/α-hetero) is 1. The van der Waals surface area contributed by atoms with Gasteiger partial charge in [-0.05, 0) is 25.0 Å². The van der Waals surface area contributed by atoms with Crippen molar-refractivity contribution in [3.63, 3.8) is 0 Å². The Balaban J connectivity index is 2.27. The molecule has 0 radical (unpaired) electrons. The van der Waals surface area contributed by atoms with Gasteiger partial charge in [-0.1, -0.05) is 12.1 Å². The molecule has 0 amide bonds. The fourth-order valence-corrected chi connectivity index (χ4v) is 2.32. The lowest BCUT2D eigenvalue weighted by Crippen LogP contribution is -2.03. The largest absolute Gasteiger partial charge is 0.303 e. The van der Waals surface area contributed by atoms with Crippen molar-refractivity contribution >= 4 is 5.78 Å². The molecule has 3 rings (SSSR count). The van der Waals surface area contributed by atoms with Crippen LogP contribution in [-0.4, -0.2) is 15.3 Å². The molecular weight excluding hydrogens is 200 g/mol. The third-order valence-electron chi connectivity index (χ3n) is 3.11. The van der Waals surface area contributed by atoms with Crippen LogP contribution in [0.3, 0.4) is 0 Å². The van der Waals surface area contributed by atoms with Crippen molar-refractivity contribution in [3.8, 4) is 5.69 Å². The van der Waals surface area contributed by atoms with Gasteiger partial charge in [-0.15, -0.1) is 0 Å². The molecule has 3 nitrogen and oxygen atoms in total. The summed E-state index contributed by atoms with van der Waals surface area (Å²) in [6.45, 7) is 1.94. The van der Waals surface area contributed by atoms with Gasteiger partial charge in [-0.2, -0.15) is 0 Å². The van der Waals surface area contributed by atoms with Crippen LogP contribution in [0.5, 0.6) is 0 Å². The first-order valence-corrected chi connectivity index (χ1v) is 5.43. The third kappa shape index (κ3) is 1.21. The van der Waals surface area contributed by atoms with Crippen molar-refractivity contribution in [1.29, 1.82) is 0 Å². The van der Waals surface area contributed by atoms with Crippen LogP contribution in [-0.2, 0) is 6.42 Å². The second-order valence-corrected chi connectivity index (χ2v) is 4.08. The summed E-state index contributed by atoms with van der Waals surface area (Å²) >= 11 is 0. The number of aromatic nitrogens is 2. The topological polar surface area (TPSA) is 34.9 Å². The lowest BCUT2D eigenvalue weighted by molar-refractivity contribution is 0.0994. The SMILES string of the molecule is Cc1nccn1-c1cccc2c1C(=O)CC2. The van der Waals surface area contributed by atoms with Gasteiger partial charge in [-0.25, -0.2) is 4.98 Å². The number of fused-ring (bicyclic) bond motifs is 1. The number of ketones is 1. The molecule has 1 aromatic carbocycles. The zero-order valence-electron chi connectivity index (χ0n) is 9.10. The van der Waals surface area contributed by atoms with Gasteiger partial charge >= 0.3 is 0 Å². The van der Waals surface area contributed by atoms with E-state index < -0.39 is 0 Å². The molecule has 1 aliphatic carbocycles. The van der Waals surface area contributed by atoms with E-state index in [4.69, 9.17) is 0 Å². The second-order valence-electron chi connectivity index (χ2n) is 4.08. The fraction of sp³-hybridized carbons (Fsp3) is 0.231. The Morgan fingerprint density at radius 1 is 1.31 bits per heavy atom. The monoisotopic (exact) mass is 212 g/mol. The Morgan fingerprint density at radius 2 is 2.19 bits per heavy atom. The van der Waals surface area contributed by atoms with Crippen molar-refractivity contribution in [2.75, 3.05) is 0 Å². The highest BCUT2D eigenvalue weighted by atomic mass is 16.1. The van der Waals surface area contributed by atoms with Gasteiger partial charge < -0.3 is 4.57 Å². The fourth-order valence-electron chi connectivity index (χ4n) is 2.32. The molecular formula is C13H12N2O. The van der Waals surface area contributed by atoms with Crippen LogP contribution in [0.25, 0.3) is 5.69 Å². The molecule has 0 bridgehead atoms. The quantitative estimate of drug-likeness (QED) is 0.727. The van der Waals surface area contributed by atoms with Crippen molar-refractivity contribution < 1.29 is 4.79 Å². The predicted octanol–water partition coefficient (Wildman–Crippen LogP) is 2.31. The van der Waals surface area contributed by atoms with E-state index >= 15 is 0 Å². The van der Waals surface area contributed by atoms with E-state index in [1.54, 1.807) is 6.20 Å². The zero-order chi connectivity index (χ0) is 11.1. The van der Waals surface area contributed by atoms with E-state index in [0.29, 0.717) is 6.42 Å². The van der Waals surface area contributed by atoms with Crippen LogP contribution in [0.4, 0.5) is 0 Å². The van der Waals surface area contributed by atoms with Gasteiger partial charge in [0.1, 0.15) is 5.82 Å². The smallest absolute Gasteiger partial charge is 0.165 e. The maximum Gasteiger partial charge on any atom is 0.165 e. The van der Waals surface area contributed by atoms with Crippen LogP contribution in [0.1, 0.15) is 28.2 Å². The molecule has 0 fully saturated rings. The molecule has 0 N–H and O–H groups in total. The number of hydrogen-bond acceptors (Lipinski definition) is 2. The molecule has 0 saturated heterocycles. The summed E-state index contributed by atoms with van der Waals surface area (Å²) in [6.07, 6.45) is 5.17. The first-order valence-electron chi connectivity index (χ1n) is 5.43. The predicted molar refractivity (Wildman–Crippen MR) is 61.0 cm³/mol. The number of rotatable bonds is 1. The minimum absolute atomic E-state index is 0.249. The summed E-state index contributed by atoms with van der Waals surface area (Å²) in [4.78, 5) is 16.1. The van der Waals surface area contributed by atoms with E-state index in [-0.39, 0.29) is 5.78 Å². The summed E-state index contributed by atoms with van der Waals surface area (Å²) in [6, 6.07) is 6.03. The molecule has 0 saturated carbocycles. The Morgan fingerprint density at radius 3 is 2.94 bits per heavy atom. The van der Waals surface area contributed by atoms with Gasteiger partial charge in [-0.3, -0.25) is 4.79 Å². The van der Waals surface area contributed by atoms with Crippen LogP contribution < -0.4 is 0 Å². The van der Waals surface area contributed by atoms with E-state index in [2.05, 4.69) is 4.98 Å². The minimum atomic E-state index is 0.249. The third-order valence-corrected chi connectivity index (χ3v) is 3.11. The average Bonchev–Trinajstić information content (AvgIpc) is 2.86. The molecule has 0 unspecified atom stereocenters. The normalized spacial score (nSPS) is 14.2. The van der Waals surface area contributed by atoms with E-state index in [1.165, 1.54) is 0 Å². The molecule has 1 aliphatic rings. The highest BCUT2D eigenvalue weighted by Crippen LogP contribution is 2.28. The molecule has 2 aromatic rings. The Labute approximate surface area is 93.7 Å². The molecule has 80 valence electrons. The number of imidazole rings is 1. The van der Waals surface area contributed by atoms with Crippen molar-refractivity contribution in [2.45, 2.75) is 19.8 Å². The number of aryl methyl sites for hydroxylation is 2. The average molecular weight is 212 g/mol. The van der Waals surface area contributed by atoms with E-state index in [9.17, 15) is 4.79 Å². The van der Waals surface area contributed by atoms with Gasteiger partial charge in [0, 0.05) is 24.4 Å². The maximum atomic E-state index is 11.9. The highest BCUT2D eigenvalue weighted by molar-refractivity contribution is 6.03. The first kappa shape index (κ1) is 9.33. The van der Waals surface area contributed by atoms with Crippen molar-refractivity contribution in [1.82, 2.24) is 9.55 Å². The Kier molecular flexibility index (Phi) is 1.93. The summed E-state index contributed by atoms with van der Waals surface area (Å²) in [7, 11) is 0. The maximum absolute atomic E-state index is 11.9. The van der Waals surface area contributed by atoms with E-state index in [1.807, 2.05) is 35.9 Å². The van der Waals surface area contributed by atoms with Gasteiger partial charge in [0.15, 0.2) is 5.78 Å². The number of carbonyl (C=O) groups is 1. The molecule has 0 atom stereocenters. The van der Waals surface area contributed by atoms with E-state index in [0.717, 1.165) is 29.1 Å². The van der Waals surface area contributed by atoms with Gasteiger partial charge in [0.05, 0.1) is 5.69 Å². The van der Waals surface area contributed by atoms with Gasteiger partial charge in [0.25, 0.3) is 0 Å². The first-order chi connectivity index (χ1) is 7.77. The Hall–Kier alpha value is -1.90. The number of carbonyl (C=O) groups excluding carboxylic acids is 1. The lowest BCUT2D eigenvalue weighted by Gasteiger charge is -2.09. The zero-order valence-corrected chi connectivity index (χ0v) is 9.10. The number of hydrogen-bond donors (Lipinski definition) is 0. The minimum Gasteiger partial charge on any atom is -0.303 e. The highest BCUT2D eigenvalue weighted by Gasteiger charge is 2.23. The van der Waals surface area contributed by atoms with Crippen molar-refractivity contribution in [3.05, 3.63) is 47.5 Å². The van der Waals surface area contributed by atoms with Crippen LogP contribution >= 0.6 is 0 Å². The summed E-state index contributed by atoms with van der Waals surface area (Å²) in [5.74, 6) is 1.16. The molecule has 0 aliphatic heterocycles. The van der Waals surface area contributed by atoms with Gasteiger partial charge in [0.2, 0.25) is 0 Å². The molecule has 0 spiro atoms. The second kappa shape index (κ2) is 3.30. The molecule has 16 heavy (non-hydrogen) atoms. The Bertz CT molecular complexity index is 569. The number of benzene rings is 1. The van der Waals surface area contributed by atoms with Crippen LogP contribution in [0, 0.1) is 6.92 Å². The van der Waals surface area contributed by atoms with Crippen molar-refractivity contribution in [2.24, 2.45) is 0 Å². The molecule has 3 heteroatoms. The molecule has 1 aromatic heterocycles. The standard InChI is InChI=1S/C13H12N2O/c1-9-14-7-8-15(9)11-4-2-3-10-5-6-12(16)13(10)11/h2-4,7-8H,5-6H2,1H3. The summed E-state index contributed by atoms with van der Waals surface area (Å²) in [5, 5.41) is 0.